The van der Waals surface area contributed by atoms with Gasteiger partial charge in [-0.3, -0.25) is 4.55 Å². The zero-order valence-electron chi connectivity index (χ0n) is 18.7. The highest BCUT2D eigenvalue weighted by molar-refractivity contribution is 7.86. The molecule has 0 aliphatic heterocycles. The van der Waals surface area contributed by atoms with Crippen molar-refractivity contribution in [3.05, 3.63) is 0 Å². The van der Waals surface area contributed by atoms with Crippen molar-refractivity contribution in [1.82, 2.24) is 0 Å². The van der Waals surface area contributed by atoms with Gasteiger partial charge in [0.1, 0.15) is 0 Å². The smallest absolute Gasteiger partial charge is 0.267 e. The fourth-order valence-electron chi connectivity index (χ4n) is 3.88. The van der Waals surface area contributed by atoms with Gasteiger partial charge in [0.2, 0.25) is 0 Å². The van der Waals surface area contributed by atoms with Crippen molar-refractivity contribution in [2.24, 2.45) is 0 Å². The van der Waals surface area contributed by atoms with Crippen LogP contribution in [-0.4, -0.2) is 29.4 Å². The van der Waals surface area contributed by atoms with Gasteiger partial charge in [0, 0.05) is 0 Å². The number of unbranched alkanes of at least 4 members (excludes halogenated alkanes) is 12. The summed E-state index contributed by atoms with van der Waals surface area (Å²) >= 11 is 0. The normalized spacial score (nSPS) is 14.3. The molecular weight excluding hydrogens is 372 g/mol. The maximum absolute atomic E-state index is 11.5. The van der Waals surface area contributed by atoms with Crippen molar-refractivity contribution in [3.8, 4) is 0 Å². The van der Waals surface area contributed by atoms with Crippen molar-refractivity contribution in [2.75, 3.05) is 0 Å². The summed E-state index contributed by atoms with van der Waals surface area (Å²) in [6.45, 7) is 4.25. The summed E-state index contributed by atoms with van der Waals surface area (Å²) in [4.78, 5) is 0. The van der Waals surface area contributed by atoms with E-state index in [0.717, 1.165) is 70.6 Å². The van der Waals surface area contributed by atoms with E-state index in [1.165, 1.54) is 38.5 Å². The summed E-state index contributed by atoms with van der Waals surface area (Å²) in [5, 5.41) is 9.13. The minimum atomic E-state index is -3.89. The summed E-state index contributed by atoms with van der Waals surface area (Å²) < 4.78 is 32.5. The van der Waals surface area contributed by atoms with Gasteiger partial charge in [0.15, 0.2) is 0 Å². The number of aliphatic hydroxyl groups is 1. The Morgan fingerprint density at radius 3 is 1.36 bits per heavy atom. The van der Waals surface area contributed by atoms with Crippen molar-refractivity contribution >= 4 is 10.1 Å². The second kappa shape index (κ2) is 18.9. The van der Waals surface area contributed by atoms with E-state index in [1.54, 1.807) is 0 Å². The third-order valence-electron chi connectivity index (χ3n) is 5.74. The zero-order valence-corrected chi connectivity index (χ0v) is 19.5. The summed E-state index contributed by atoms with van der Waals surface area (Å²) in [5.74, 6) is 0. The van der Waals surface area contributed by atoms with Crippen LogP contribution in [0.5, 0.6) is 0 Å². The van der Waals surface area contributed by atoms with E-state index in [1.807, 2.05) is 0 Å². The summed E-state index contributed by atoms with van der Waals surface area (Å²) in [7, 11) is -3.89. The Bertz CT molecular complexity index is 422. The molecule has 0 aromatic heterocycles. The molecule has 2 unspecified atom stereocenters. The van der Waals surface area contributed by atoms with E-state index in [2.05, 4.69) is 13.8 Å². The molecule has 0 amide bonds. The van der Waals surface area contributed by atoms with Crippen molar-refractivity contribution < 1.29 is 18.1 Å². The first-order valence-electron chi connectivity index (χ1n) is 12.1. The SMILES string of the molecule is CCCCCCC(CCCCCCCCCCCCC(O)CCC)S(=O)(=O)O. The predicted octanol–water partition coefficient (Wildman–Crippen LogP) is 7.06. The van der Waals surface area contributed by atoms with Crippen LogP contribution in [0.3, 0.4) is 0 Å². The molecule has 0 radical (unpaired) electrons. The van der Waals surface area contributed by atoms with E-state index < -0.39 is 15.4 Å². The van der Waals surface area contributed by atoms with Crippen LogP contribution in [0.1, 0.15) is 136 Å². The van der Waals surface area contributed by atoms with Crippen LogP contribution in [0.25, 0.3) is 0 Å². The topological polar surface area (TPSA) is 74.6 Å². The van der Waals surface area contributed by atoms with Gasteiger partial charge >= 0.3 is 0 Å². The van der Waals surface area contributed by atoms with Crippen LogP contribution in [0.2, 0.25) is 0 Å². The van der Waals surface area contributed by atoms with Crippen LogP contribution in [-0.2, 0) is 10.1 Å². The van der Waals surface area contributed by atoms with Gasteiger partial charge in [0.25, 0.3) is 10.1 Å². The first-order valence-corrected chi connectivity index (χ1v) is 13.6. The Labute approximate surface area is 175 Å². The van der Waals surface area contributed by atoms with Gasteiger partial charge in [0.05, 0.1) is 11.4 Å². The molecule has 0 fully saturated rings. The van der Waals surface area contributed by atoms with Crippen molar-refractivity contribution in [1.29, 1.82) is 0 Å². The van der Waals surface area contributed by atoms with E-state index in [-0.39, 0.29) is 6.10 Å². The van der Waals surface area contributed by atoms with Crippen molar-refractivity contribution in [3.63, 3.8) is 0 Å². The molecule has 0 aliphatic rings. The molecule has 0 saturated carbocycles. The summed E-state index contributed by atoms with van der Waals surface area (Å²) in [6, 6.07) is 0. The van der Waals surface area contributed by atoms with E-state index in [0.29, 0.717) is 12.8 Å². The van der Waals surface area contributed by atoms with E-state index >= 15 is 0 Å². The zero-order chi connectivity index (χ0) is 21.1. The first kappa shape index (κ1) is 27.9. The molecule has 4 nitrogen and oxygen atoms in total. The molecular formula is C23H48O4S. The lowest BCUT2D eigenvalue weighted by Crippen LogP contribution is -2.20. The van der Waals surface area contributed by atoms with Crippen LogP contribution in [0, 0.1) is 0 Å². The first-order chi connectivity index (χ1) is 13.4. The van der Waals surface area contributed by atoms with E-state index in [9.17, 15) is 18.1 Å². The molecule has 0 bridgehead atoms. The molecule has 0 aliphatic carbocycles. The van der Waals surface area contributed by atoms with Gasteiger partial charge in [-0.05, 0) is 25.7 Å². The molecule has 5 heteroatoms. The average Bonchev–Trinajstić information content (AvgIpc) is 2.63. The lowest BCUT2D eigenvalue weighted by Gasteiger charge is -2.13. The fourth-order valence-corrected chi connectivity index (χ4v) is 4.81. The molecule has 0 saturated heterocycles. The maximum atomic E-state index is 11.5. The molecule has 28 heavy (non-hydrogen) atoms. The van der Waals surface area contributed by atoms with Crippen molar-refractivity contribution in [2.45, 2.75) is 147 Å². The quantitative estimate of drug-likeness (QED) is 0.154. The molecule has 2 atom stereocenters. The average molecular weight is 421 g/mol. The van der Waals surface area contributed by atoms with Gasteiger partial charge in [-0.15, -0.1) is 0 Å². The van der Waals surface area contributed by atoms with E-state index in [4.69, 9.17) is 0 Å². The van der Waals surface area contributed by atoms with Crippen LogP contribution in [0.4, 0.5) is 0 Å². The van der Waals surface area contributed by atoms with Crippen LogP contribution in [0.15, 0.2) is 0 Å². The highest BCUT2D eigenvalue weighted by Crippen LogP contribution is 2.19. The van der Waals surface area contributed by atoms with Gasteiger partial charge in [-0.25, -0.2) is 0 Å². The van der Waals surface area contributed by atoms with Gasteiger partial charge < -0.3 is 5.11 Å². The minimum Gasteiger partial charge on any atom is -0.393 e. The Morgan fingerprint density at radius 2 is 0.964 bits per heavy atom. The number of hydrogen-bond acceptors (Lipinski definition) is 3. The molecule has 0 aromatic rings. The Balaban J connectivity index is 3.53. The minimum absolute atomic E-state index is 0.0956. The number of hydrogen-bond donors (Lipinski definition) is 2. The highest BCUT2D eigenvalue weighted by Gasteiger charge is 2.21. The lowest BCUT2D eigenvalue weighted by atomic mass is 10.0. The van der Waals surface area contributed by atoms with Crippen LogP contribution < -0.4 is 0 Å². The standard InChI is InChI=1S/C23H48O4S/c1-3-5-6-16-20-23(28(25,26)27)21-17-14-12-10-8-7-9-11-13-15-19-22(24)18-4-2/h22-24H,3-21H2,1-2H3,(H,25,26,27). The molecule has 0 heterocycles. The monoisotopic (exact) mass is 420 g/mol. The van der Waals surface area contributed by atoms with Crippen LogP contribution >= 0.6 is 0 Å². The molecule has 0 aromatic carbocycles. The second-order valence-corrected chi connectivity index (χ2v) is 10.2. The molecule has 0 spiro atoms. The number of aliphatic hydroxyl groups excluding tert-OH is 1. The largest absolute Gasteiger partial charge is 0.393 e. The second-order valence-electron chi connectivity index (χ2n) is 8.54. The predicted molar refractivity (Wildman–Crippen MR) is 120 cm³/mol. The third-order valence-corrected chi connectivity index (χ3v) is 7.05. The fraction of sp³-hybridized carbons (Fsp3) is 1.00. The summed E-state index contributed by atoms with van der Waals surface area (Å²) in [6.07, 6.45) is 20.1. The Kier molecular flexibility index (Phi) is 18.8. The Morgan fingerprint density at radius 1 is 0.571 bits per heavy atom. The van der Waals surface area contributed by atoms with Gasteiger partial charge in [-0.2, -0.15) is 8.42 Å². The maximum Gasteiger partial charge on any atom is 0.267 e. The molecule has 2 N–H and O–H groups in total. The lowest BCUT2D eigenvalue weighted by molar-refractivity contribution is 0.150. The Hall–Kier alpha value is -0.130. The highest BCUT2D eigenvalue weighted by atomic mass is 32.2. The third kappa shape index (κ3) is 17.9. The number of rotatable bonds is 21. The molecule has 0 rings (SSSR count). The molecule has 170 valence electrons. The summed E-state index contributed by atoms with van der Waals surface area (Å²) in [5.41, 5.74) is 0. The van der Waals surface area contributed by atoms with Gasteiger partial charge in [-0.1, -0.05) is 110 Å².